The van der Waals surface area contributed by atoms with Crippen LogP contribution in [0.4, 0.5) is 13.2 Å². The van der Waals surface area contributed by atoms with E-state index in [0.717, 1.165) is 18.5 Å². The fraction of sp³-hybridized carbons (Fsp3) is 0.643. The van der Waals surface area contributed by atoms with Gasteiger partial charge in [0, 0.05) is 24.7 Å². The van der Waals surface area contributed by atoms with Gasteiger partial charge < -0.3 is 10.1 Å². The van der Waals surface area contributed by atoms with Crippen LogP contribution < -0.4 is 10.1 Å². The maximum Gasteiger partial charge on any atom is 0.389 e. The summed E-state index contributed by atoms with van der Waals surface area (Å²) in [6.45, 7) is 5.08. The maximum absolute atomic E-state index is 11.9. The van der Waals surface area contributed by atoms with Crippen LogP contribution in [0.3, 0.4) is 0 Å². The van der Waals surface area contributed by atoms with Gasteiger partial charge >= 0.3 is 6.18 Å². The Bertz CT molecular complexity index is 379. The van der Waals surface area contributed by atoms with E-state index in [1.54, 1.807) is 12.3 Å². The molecule has 0 fully saturated rings. The fourth-order valence-corrected chi connectivity index (χ4v) is 1.66. The molecule has 0 saturated carbocycles. The van der Waals surface area contributed by atoms with Crippen molar-refractivity contribution in [2.45, 2.75) is 45.3 Å². The van der Waals surface area contributed by atoms with Gasteiger partial charge in [0.2, 0.25) is 5.88 Å². The summed E-state index contributed by atoms with van der Waals surface area (Å²) in [5, 5.41) is 3.33. The molecule has 0 amide bonds. The second-order valence-corrected chi connectivity index (χ2v) is 4.67. The van der Waals surface area contributed by atoms with Crippen LogP contribution in [0.25, 0.3) is 0 Å². The van der Waals surface area contributed by atoms with Crippen molar-refractivity contribution < 1.29 is 17.9 Å². The summed E-state index contributed by atoms with van der Waals surface area (Å²) in [4.78, 5) is 4.10. The molecule has 0 aliphatic rings. The molecule has 3 nitrogen and oxygen atoms in total. The molecule has 1 unspecified atom stereocenters. The van der Waals surface area contributed by atoms with Gasteiger partial charge in [-0.3, -0.25) is 0 Å². The van der Waals surface area contributed by atoms with E-state index in [1.165, 1.54) is 0 Å². The summed E-state index contributed by atoms with van der Waals surface area (Å²) in [5.74, 6) is 0.360. The Morgan fingerprint density at radius 2 is 2.10 bits per heavy atom. The van der Waals surface area contributed by atoms with E-state index in [4.69, 9.17) is 4.74 Å². The lowest BCUT2D eigenvalue weighted by Crippen LogP contribution is -2.19. The fourth-order valence-electron chi connectivity index (χ4n) is 1.66. The highest BCUT2D eigenvalue weighted by Crippen LogP contribution is 2.21. The topological polar surface area (TPSA) is 34.1 Å². The standard InChI is InChI=1S/C14H21F3N2O/c1-3-8-18-11(2)12-5-6-13(19-10-12)20-9-4-7-14(15,16)17/h5-6,10-11,18H,3-4,7-9H2,1-2H3. The first kappa shape index (κ1) is 16.8. The monoisotopic (exact) mass is 290 g/mol. The number of halogens is 3. The van der Waals surface area contributed by atoms with Gasteiger partial charge in [-0.25, -0.2) is 4.98 Å². The first-order valence-corrected chi connectivity index (χ1v) is 6.81. The number of nitrogens with one attached hydrogen (secondary N) is 1. The molecule has 0 aliphatic carbocycles. The molecule has 0 radical (unpaired) electrons. The Morgan fingerprint density at radius 3 is 2.65 bits per heavy atom. The van der Waals surface area contributed by atoms with Crippen molar-refractivity contribution in [1.29, 1.82) is 0 Å². The van der Waals surface area contributed by atoms with E-state index in [0.29, 0.717) is 5.88 Å². The Labute approximate surface area is 117 Å². The molecule has 20 heavy (non-hydrogen) atoms. The van der Waals surface area contributed by atoms with Gasteiger partial charge in [0.15, 0.2) is 0 Å². The Morgan fingerprint density at radius 1 is 1.35 bits per heavy atom. The van der Waals surface area contributed by atoms with Crippen LogP contribution in [-0.4, -0.2) is 24.3 Å². The summed E-state index contributed by atoms with van der Waals surface area (Å²) in [7, 11) is 0. The maximum atomic E-state index is 11.9. The summed E-state index contributed by atoms with van der Waals surface area (Å²) in [6, 6.07) is 3.76. The van der Waals surface area contributed by atoms with Crippen molar-refractivity contribution in [1.82, 2.24) is 10.3 Å². The molecule has 6 heteroatoms. The molecular weight excluding hydrogens is 269 g/mol. The molecule has 1 atom stereocenters. The number of aromatic nitrogens is 1. The average molecular weight is 290 g/mol. The van der Waals surface area contributed by atoms with E-state index in [9.17, 15) is 13.2 Å². The van der Waals surface area contributed by atoms with Gasteiger partial charge in [-0.2, -0.15) is 13.2 Å². The van der Waals surface area contributed by atoms with Gasteiger partial charge in [0.25, 0.3) is 0 Å². The second-order valence-electron chi connectivity index (χ2n) is 4.67. The van der Waals surface area contributed by atoms with Crippen LogP contribution in [0, 0.1) is 0 Å². The first-order valence-electron chi connectivity index (χ1n) is 6.81. The lowest BCUT2D eigenvalue weighted by molar-refractivity contribution is -0.136. The Balaban J connectivity index is 2.35. The number of alkyl halides is 3. The van der Waals surface area contributed by atoms with E-state index < -0.39 is 12.6 Å². The average Bonchev–Trinajstić information content (AvgIpc) is 2.40. The lowest BCUT2D eigenvalue weighted by atomic mass is 10.1. The summed E-state index contributed by atoms with van der Waals surface area (Å²) < 4.78 is 41.0. The minimum Gasteiger partial charge on any atom is -0.478 e. The van der Waals surface area contributed by atoms with E-state index in [-0.39, 0.29) is 19.1 Å². The molecular formula is C14H21F3N2O. The molecule has 1 rings (SSSR count). The van der Waals surface area contributed by atoms with Gasteiger partial charge in [0.05, 0.1) is 6.61 Å². The minimum absolute atomic E-state index is 0.0233. The minimum atomic E-state index is -4.12. The highest BCUT2D eigenvalue weighted by molar-refractivity contribution is 5.20. The normalized spacial score (nSPS) is 13.2. The number of hydrogen-bond acceptors (Lipinski definition) is 3. The van der Waals surface area contributed by atoms with Gasteiger partial charge in [-0.15, -0.1) is 0 Å². The second kappa shape index (κ2) is 8.09. The SMILES string of the molecule is CCCNC(C)c1ccc(OCCCC(F)(F)F)nc1. The summed E-state index contributed by atoms with van der Waals surface area (Å²) in [5.41, 5.74) is 1.03. The quantitative estimate of drug-likeness (QED) is 0.738. The molecule has 1 heterocycles. The van der Waals surface area contributed by atoms with Crippen LogP contribution in [0.2, 0.25) is 0 Å². The third-order valence-corrected chi connectivity index (χ3v) is 2.81. The van der Waals surface area contributed by atoms with E-state index in [1.807, 2.05) is 13.0 Å². The number of ether oxygens (including phenoxy) is 1. The van der Waals surface area contributed by atoms with E-state index >= 15 is 0 Å². The van der Waals surface area contributed by atoms with Crippen molar-refractivity contribution >= 4 is 0 Å². The highest BCUT2D eigenvalue weighted by Gasteiger charge is 2.26. The van der Waals surface area contributed by atoms with Crippen molar-refractivity contribution in [3.05, 3.63) is 23.9 Å². The third kappa shape index (κ3) is 6.75. The van der Waals surface area contributed by atoms with Crippen molar-refractivity contribution in [3.8, 4) is 5.88 Å². The van der Waals surface area contributed by atoms with Gasteiger partial charge in [-0.05, 0) is 31.9 Å². The third-order valence-electron chi connectivity index (χ3n) is 2.81. The van der Waals surface area contributed by atoms with E-state index in [2.05, 4.69) is 17.2 Å². The predicted molar refractivity (Wildman–Crippen MR) is 71.7 cm³/mol. The van der Waals surface area contributed by atoms with Gasteiger partial charge in [-0.1, -0.05) is 13.0 Å². The highest BCUT2D eigenvalue weighted by atomic mass is 19.4. The van der Waals surface area contributed by atoms with Gasteiger partial charge in [0.1, 0.15) is 0 Å². The molecule has 0 spiro atoms. The zero-order valence-electron chi connectivity index (χ0n) is 11.8. The first-order chi connectivity index (χ1) is 9.42. The molecule has 0 saturated heterocycles. The van der Waals surface area contributed by atoms with Crippen LogP contribution >= 0.6 is 0 Å². The van der Waals surface area contributed by atoms with Crippen LogP contribution in [-0.2, 0) is 0 Å². The number of pyridine rings is 1. The smallest absolute Gasteiger partial charge is 0.389 e. The summed E-state index contributed by atoms with van der Waals surface area (Å²) >= 11 is 0. The number of nitrogens with zero attached hydrogens (tertiary/aromatic N) is 1. The van der Waals surface area contributed by atoms with Crippen LogP contribution in [0.5, 0.6) is 5.88 Å². The molecule has 1 aromatic heterocycles. The zero-order valence-corrected chi connectivity index (χ0v) is 11.8. The molecule has 0 aromatic carbocycles. The predicted octanol–water partition coefficient (Wildman–Crippen LogP) is 3.86. The molecule has 1 aromatic rings. The largest absolute Gasteiger partial charge is 0.478 e. The Kier molecular flexibility index (Phi) is 6.78. The number of hydrogen-bond donors (Lipinski definition) is 1. The lowest BCUT2D eigenvalue weighted by Gasteiger charge is -2.13. The van der Waals surface area contributed by atoms with Crippen molar-refractivity contribution in [2.75, 3.05) is 13.2 Å². The molecule has 0 bridgehead atoms. The van der Waals surface area contributed by atoms with Crippen molar-refractivity contribution in [3.63, 3.8) is 0 Å². The molecule has 114 valence electrons. The number of rotatable bonds is 8. The Hall–Kier alpha value is -1.30. The van der Waals surface area contributed by atoms with Crippen molar-refractivity contribution in [2.24, 2.45) is 0 Å². The molecule has 0 aliphatic heterocycles. The van der Waals surface area contributed by atoms with Crippen LogP contribution in [0.1, 0.15) is 44.7 Å². The summed E-state index contributed by atoms with van der Waals surface area (Å²) in [6.07, 6.45) is -2.27. The van der Waals surface area contributed by atoms with Crippen LogP contribution in [0.15, 0.2) is 18.3 Å². The molecule has 1 N–H and O–H groups in total. The zero-order chi connectivity index (χ0) is 15.0.